The van der Waals surface area contributed by atoms with E-state index in [2.05, 4.69) is 37.8 Å². The van der Waals surface area contributed by atoms with E-state index in [1.54, 1.807) is 6.33 Å². The van der Waals surface area contributed by atoms with Crippen LogP contribution in [0.3, 0.4) is 0 Å². The summed E-state index contributed by atoms with van der Waals surface area (Å²) in [6.07, 6.45) is 4.27. The first kappa shape index (κ1) is 12.0. The summed E-state index contributed by atoms with van der Waals surface area (Å²) >= 11 is 3.52. The van der Waals surface area contributed by atoms with Crippen molar-refractivity contribution in [2.75, 3.05) is 18.4 Å². The highest BCUT2D eigenvalue weighted by Crippen LogP contribution is 2.21. The molecule has 0 aliphatic carbocycles. The fraction of sp³-hybridized carbons (Fsp3) is 0.818. The molecule has 1 atom stereocenters. The maximum atomic E-state index is 4.32. The maximum Gasteiger partial charge on any atom is 0.140 e. The third-order valence-corrected chi connectivity index (χ3v) is 3.71. The second-order valence-electron chi connectivity index (χ2n) is 4.36. The summed E-state index contributed by atoms with van der Waals surface area (Å²) in [5, 5.41) is 5.33. The highest BCUT2D eigenvalue weighted by Gasteiger charge is 2.22. The number of aryl methyl sites for hydroxylation is 1. The summed E-state index contributed by atoms with van der Waals surface area (Å²) in [4.78, 5) is 6.81. The molecular formula is C11H19BrN4. The van der Waals surface area contributed by atoms with Gasteiger partial charge in [-0.25, -0.2) is 9.67 Å². The zero-order chi connectivity index (χ0) is 11.4. The lowest BCUT2D eigenvalue weighted by Gasteiger charge is -2.15. The lowest BCUT2D eigenvalue weighted by Crippen LogP contribution is -2.22. The molecule has 16 heavy (non-hydrogen) atoms. The molecule has 4 nitrogen and oxygen atoms in total. The van der Waals surface area contributed by atoms with E-state index in [0.29, 0.717) is 0 Å². The van der Waals surface area contributed by atoms with Crippen molar-refractivity contribution in [3.05, 3.63) is 12.2 Å². The molecule has 1 aromatic rings. The third-order valence-electron chi connectivity index (χ3n) is 3.25. The topological polar surface area (TPSA) is 34.0 Å². The van der Waals surface area contributed by atoms with E-state index in [9.17, 15) is 0 Å². The Morgan fingerprint density at radius 1 is 1.56 bits per heavy atom. The van der Waals surface area contributed by atoms with Crippen molar-refractivity contribution in [3.8, 4) is 0 Å². The Labute approximate surface area is 105 Å². The maximum absolute atomic E-state index is 4.32. The van der Waals surface area contributed by atoms with Crippen molar-refractivity contribution in [1.29, 1.82) is 0 Å². The minimum Gasteiger partial charge on any atom is -0.296 e. The normalized spacial score (nSPS) is 21.8. The number of aromatic nitrogens is 3. The summed E-state index contributed by atoms with van der Waals surface area (Å²) in [5.74, 6) is 1.96. The number of hydrogen-bond donors (Lipinski definition) is 0. The van der Waals surface area contributed by atoms with Crippen molar-refractivity contribution in [1.82, 2.24) is 19.7 Å². The standard InChI is InChI=1S/C11H19BrN4/c1-2-16-11(13-9-14-16)8-15-6-4-10(7-15)3-5-12/h9-10H,2-8H2,1H3. The lowest BCUT2D eigenvalue weighted by atomic mass is 10.1. The number of halogens is 1. The van der Waals surface area contributed by atoms with Crippen LogP contribution >= 0.6 is 15.9 Å². The van der Waals surface area contributed by atoms with Gasteiger partial charge in [0.2, 0.25) is 0 Å². The van der Waals surface area contributed by atoms with Gasteiger partial charge in [-0.2, -0.15) is 5.10 Å². The van der Waals surface area contributed by atoms with Gasteiger partial charge in [-0.05, 0) is 32.2 Å². The Morgan fingerprint density at radius 2 is 2.44 bits per heavy atom. The number of alkyl halides is 1. The largest absolute Gasteiger partial charge is 0.296 e. The SMILES string of the molecule is CCn1ncnc1CN1CCC(CCBr)C1. The van der Waals surface area contributed by atoms with E-state index in [-0.39, 0.29) is 0 Å². The van der Waals surface area contributed by atoms with E-state index in [1.807, 2.05) is 4.68 Å². The van der Waals surface area contributed by atoms with Gasteiger partial charge < -0.3 is 0 Å². The van der Waals surface area contributed by atoms with Crippen molar-refractivity contribution in [3.63, 3.8) is 0 Å². The Kier molecular flexibility index (Phi) is 4.35. The molecule has 0 bridgehead atoms. The van der Waals surface area contributed by atoms with Crippen LogP contribution in [0.1, 0.15) is 25.6 Å². The van der Waals surface area contributed by atoms with E-state index >= 15 is 0 Å². The first-order chi connectivity index (χ1) is 7.83. The van der Waals surface area contributed by atoms with Crippen LogP contribution in [0, 0.1) is 5.92 Å². The molecule has 0 spiro atoms. The summed E-state index contributed by atoms with van der Waals surface area (Å²) in [6, 6.07) is 0. The summed E-state index contributed by atoms with van der Waals surface area (Å²) in [7, 11) is 0. The van der Waals surface area contributed by atoms with Crippen LogP contribution in [0.25, 0.3) is 0 Å². The average Bonchev–Trinajstić information content (AvgIpc) is 2.89. The number of hydrogen-bond acceptors (Lipinski definition) is 3. The lowest BCUT2D eigenvalue weighted by molar-refractivity contribution is 0.300. The smallest absolute Gasteiger partial charge is 0.140 e. The molecular weight excluding hydrogens is 268 g/mol. The second kappa shape index (κ2) is 5.77. The van der Waals surface area contributed by atoms with Gasteiger partial charge in [-0.15, -0.1) is 0 Å². The van der Waals surface area contributed by atoms with Crippen LogP contribution in [0.2, 0.25) is 0 Å². The van der Waals surface area contributed by atoms with Crippen molar-refractivity contribution in [2.45, 2.75) is 32.9 Å². The molecule has 2 rings (SSSR count). The second-order valence-corrected chi connectivity index (χ2v) is 5.15. The number of likely N-dealkylation sites (tertiary alicyclic amines) is 1. The Balaban J connectivity index is 1.87. The van der Waals surface area contributed by atoms with Gasteiger partial charge in [-0.3, -0.25) is 4.90 Å². The Hall–Kier alpha value is -0.420. The van der Waals surface area contributed by atoms with Crippen LogP contribution in [0.4, 0.5) is 0 Å². The van der Waals surface area contributed by atoms with Gasteiger partial charge in [0.1, 0.15) is 12.2 Å². The van der Waals surface area contributed by atoms with Crippen molar-refractivity contribution >= 4 is 15.9 Å². The highest BCUT2D eigenvalue weighted by molar-refractivity contribution is 9.09. The predicted molar refractivity (Wildman–Crippen MR) is 67.5 cm³/mol. The van der Waals surface area contributed by atoms with Crippen molar-refractivity contribution < 1.29 is 0 Å². The molecule has 1 unspecified atom stereocenters. The van der Waals surface area contributed by atoms with Gasteiger partial charge in [0.15, 0.2) is 0 Å². The van der Waals surface area contributed by atoms with Crippen molar-refractivity contribution in [2.24, 2.45) is 5.92 Å². The van der Waals surface area contributed by atoms with E-state index in [0.717, 1.165) is 30.2 Å². The quantitative estimate of drug-likeness (QED) is 0.776. The van der Waals surface area contributed by atoms with E-state index < -0.39 is 0 Å². The summed E-state index contributed by atoms with van der Waals surface area (Å²) < 4.78 is 1.98. The van der Waals surface area contributed by atoms with Gasteiger partial charge in [-0.1, -0.05) is 15.9 Å². The molecule has 0 saturated carbocycles. The first-order valence-corrected chi connectivity index (χ1v) is 7.10. The molecule has 1 saturated heterocycles. The molecule has 0 N–H and O–H groups in total. The molecule has 0 aromatic carbocycles. The minimum atomic E-state index is 0.859. The molecule has 2 heterocycles. The molecule has 0 amide bonds. The van der Waals surface area contributed by atoms with E-state index in [1.165, 1.54) is 25.9 Å². The fourth-order valence-electron chi connectivity index (χ4n) is 2.32. The van der Waals surface area contributed by atoms with E-state index in [4.69, 9.17) is 0 Å². The van der Waals surface area contributed by atoms with Crippen LogP contribution in [0.5, 0.6) is 0 Å². The average molecular weight is 287 g/mol. The van der Waals surface area contributed by atoms with Crippen LogP contribution < -0.4 is 0 Å². The summed E-state index contributed by atoms with van der Waals surface area (Å²) in [5.41, 5.74) is 0. The molecule has 0 radical (unpaired) electrons. The highest BCUT2D eigenvalue weighted by atomic mass is 79.9. The minimum absolute atomic E-state index is 0.859. The summed E-state index contributed by atoms with van der Waals surface area (Å²) in [6.45, 7) is 6.38. The number of rotatable bonds is 5. The third kappa shape index (κ3) is 2.83. The monoisotopic (exact) mass is 286 g/mol. The first-order valence-electron chi connectivity index (χ1n) is 5.98. The van der Waals surface area contributed by atoms with Crippen LogP contribution in [-0.4, -0.2) is 38.1 Å². The molecule has 1 aromatic heterocycles. The zero-order valence-corrected chi connectivity index (χ0v) is 11.4. The van der Waals surface area contributed by atoms with Gasteiger partial charge in [0, 0.05) is 18.4 Å². The number of nitrogens with zero attached hydrogens (tertiary/aromatic N) is 4. The molecule has 1 aliphatic rings. The molecule has 90 valence electrons. The van der Waals surface area contributed by atoms with Gasteiger partial charge in [0.05, 0.1) is 6.54 Å². The zero-order valence-electron chi connectivity index (χ0n) is 9.77. The Bertz CT molecular complexity index is 326. The molecule has 5 heteroatoms. The molecule has 1 fully saturated rings. The van der Waals surface area contributed by atoms with Crippen LogP contribution in [0.15, 0.2) is 6.33 Å². The Morgan fingerprint density at radius 3 is 3.19 bits per heavy atom. The predicted octanol–water partition coefficient (Wildman–Crippen LogP) is 1.90. The van der Waals surface area contributed by atoms with Gasteiger partial charge in [0.25, 0.3) is 0 Å². The van der Waals surface area contributed by atoms with Crippen LogP contribution in [-0.2, 0) is 13.1 Å². The fourth-order valence-corrected chi connectivity index (χ4v) is 2.97. The van der Waals surface area contributed by atoms with Gasteiger partial charge >= 0.3 is 0 Å². The molecule has 1 aliphatic heterocycles.